The van der Waals surface area contributed by atoms with Crippen molar-refractivity contribution in [2.24, 2.45) is 0 Å². The summed E-state index contributed by atoms with van der Waals surface area (Å²) in [6.07, 6.45) is 0. The van der Waals surface area contributed by atoms with Gasteiger partial charge in [-0.2, -0.15) is 0 Å². The zero-order chi connectivity index (χ0) is 31.9. The fourth-order valence-corrected chi connectivity index (χ4v) is 6.77. The first-order valence-electron chi connectivity index (χ1n) is 16.2. The van der Waals surface area contributed by atoms with Crippen LogP contribution < -0.4 is 4.90 Å². The number of aromatic nitrogens is 1. The number of benzene rings is 8. The molecule has 48 heavy (non-hydrogen) atoms. The Bertz CT molecular complexity index is 2480. The van der Waals surface area contributed by atoms with Gasteiger partial charge in [0.2, 0.25) is 5.89 Å². The topological polar surface area (TPSA) is 29.3 Å². The van der Waals surface area contributed by atoms with E-state index in [1.54, 1.807) is 0 Å². The van der Waals surface area contributed by atoms with Gasteiger partial charge in [-0.1, -0.05) is 115 Å². The van der Waals surface area contributed by atoms with E-state index in [0.29, 0.717) is 5.89 Å². The van der Waals surface area contributed by atoms with Gasteiger partial charge in [0.05, 0.1) is 0 Å². The Hall–Kier alpha value is -6.45. The van der Waals surface area contributed by atoms with Gasteiger partial charge in [-0.15, -0.1) is 0 Å². The molecule has 8 aromatic carbocycles. The van der Waals surface area contributed by atoms with Gasteiger partial charge in [0.25, 0.3) is 0 Å². The molecule has 3 nitrogen and oxygen atoms in total. The maximum Gasteiger partial charge on any atom is 0.227 e. The lowest BCUT2D eigenvalue weighted by molar-refractivity contribution is 0.623. The first-order chi connectivity index (χ1) is 23.8. The predicted octanol–water partition coefficient (Wildman–Crippen LogP) is 12.6. The summed E-state index contributed by atoms with van der Waals surface area (Å²) < 4.78 is 6.58. The van der Waals surface area contributed by atoms with Crippen molar-refractivity contribution in [3.05, 3.63) is 182 Å². The molecule has 9 rings (SSSR count). The third kappa shape index (κ3) is 4.90. The van der Waals surface area contributed by atoms with Crippen LogP contribution in [0.3, 0.4) is 0 Å². The Morgan fingerprint density at radius 3 is 1.62 bits per heavy atom. The fourth-order valence-electron chi connectivity index (χ4n) is 6.77. The Morgan fingerprint density at radius 2 is 0.979 bits per heavy atom. The molecule has 1 heterocycles. The molecule has 0 aliphatic rings. The fraction of sp³-hybridized carbons (Fsp3) is 0. The quantitative estimate of drug-likeness (QED) is 0.175. The van der Waals surface area contributed by atoms with Gasteiger partial charge in [0.15, 0.2) is 5.58 Å². The number of para-hydroxylation sites is 2. The zero-order valence-corrected chi connectivity index (χ0v) is 26.1. The molecule has 0 atom stereocenters. The van der Waals surface area contributed by atoms with Crippen molar-refractivity contribution < 1.29 is 4.42 Å². The molecule has 0 radical (unpaired) electrons. The summed E-state index contributed by atoms with van der Waals surface area (Å²) in [5.74, 6) is 0.631. The van der Waals surface area contributed by atoms with E-state index in [-0.39, 0.29) is 0 Å². The molecular formula is C45H30N2O. The molecule has 0 N–H and O–H groups in total. The van der Waals surface area contributed by atoms with Gasteiger partial charge < -0.3 is 9.32 Å². The summed E-state index contributed by atoms with van der Waals surface area (Å²) in [6, 6.07) is 63.9. The van der Waals surface area contributed by atoms with Gasteiger partial charge in [0.1, 0.15) is 5.52 Å². The summed E-state index contributed by atoms with van der Waals surface area (Å²) in [7, 11) is 0. The molecule has 0 aliphatic heterocycles. The molecule has 0 amide bonds. The lowest BCUT2D eigenvalue weighted by Crippen LogP contribution is -2.09. The van der Waals surface area contributed by atoms with Crippen LogP contribution in [0.1, 0.15) is 0 Å². The maximum absolute atomic E-state index is 6.58. The molecule has 0 saturated heterocycles. The number of hydrogen-bond acceptors (Lipinski definition) is 3. The molecule has 1 aromatic heterocycles. The highest BCUT2D eigenvalue weighted by Gasteiger charge is 2.17. The van der Waals surface area contributed by atoms with E-state index < -0.39 is 0 Å². The van der Waals surface area contributed by atoms with Gasteiger partial charge in [-0.05, 0) is 105 Å². The van der Waals surface area contributed by atoms with Gasteiger partial charge in [-0.3, -0.25) is 0 Å². The molecule has 9 aromatic rings. The van der Waals surface area contributed by atoms with Gasteiger partial charge >= 0.3 is 0 Å². The average Bonchev–Trinajstić information content (AvgIpc) is 3.61. The summed E-state index contributed by atoms with van der Waals surface area (Å²) in [6.45, 7) is 0. The highest BCUT2D eigenvalue weighted by Crippen LogP contribution is 2.42. The molecule has 0 aliphatic carbocycles. The van der Waals surface area contributed by atoms with Gasteiger partial charge in [-0.25, -0.2) is 4.98 Å². The van der Waals surface area contributed by atoms with E-state index in [1.165, 1.54) is 16.5 Å². The van der Waals surface area contributed by atoms with E-state index in [2.05, 4.69) is 157 Å². The molecule has 0 spiro atoms. The number of hydrogen-bond donors (Lipinski definition) is 0. The summed E-state index contributed by atoms with van der Waals surface area (Å²) in [5.41, 5.74) is 10.6. The Balaban J connectivity index is 1.22. The molecule has 226 valence electrons. The van der Waals surface area contributed by atoms with Crippen molar-refractivity contribution in [3.63, 3.8) is 0 Å². The molecular weight excluding hydrogens is 585 g/mol. The third-order valence-electron chi connectivity index (χ3n) is 9.06. The second kappa shape index (κ2) is 11.7. The first kappa shape index (κ1) is 27.8. The van der Waals surface area contributed by atoms with E-state index in [0.717, 1.165) is 61.0 Å². The van der Waals surface area contributed by atoms with E-state index >= 15 is 0 Å². The molecule has 0 unspecified atom stereocenters. The molecule has 3 heteroatoms. The highest BCUT2D eigenvalue weighted by molar-refractivity contribution is 6.22. The number of fused-ring (bicyclic) bond motifs is 5. The van der Waals surface area contributed by atoms with Gasteiger partial charge in [0, 0.05) is 28.0 Å². The lowest BCUT2D eigenvalue weighted by Gasteiger charge is -2.25. The normalized spacial score (nSPS) is 11.3. The van der Waals surface area contributed by atoms with Crippen LogP contribution >= 0.6 is 0 Å². The smallest absolute Gasteiger partial charge is 0.227 e. The monoisotopic (exact) mass is 614 g/mol. The van der Waals surface area contributed by atoms with Crippen molar-refractivity contribution in [2.45, 2.75) is 0 Å². The van der Waals surface area contributed by atoms with Crippen LogP contribution in [0.5, 0.6) is 0 Å². The average molecular weight is 615 g/mol. The number of oxazole rings is 1. The molecule has 0 bridgehead atoms. The molecule has 0 fully saturated rings. The summed E-state index contributed by atoms with van der Waals surface area (Å²) in [5, 5.41) is 4.52. The van der Waals surface area contributed by atoms with Crippen molar-refractivity contribution in [1.82, 2.24) is 4.98 Å². The van der Waals surface area contributed by atoms with Crippen molar-refractivity contribution in [3.8, 4) is 33.7 Å². The third-order valence-corrected chi connectivity index (χ3v) is 9.06. The Morgan fingerprint density at radius 1 is 0.417 bits per heavy atom. The second-order valence-corrected chi connectivity index (χ2v) is 12.0. The number of nitrogens with zero attached hydrogens (tertiary/aromatic N) is 2. The van der Waals surface area contributed by atoms with E-state index in [4.69, 9.17) is 9.40 Å². The summed E-state index contributed by atoms with van der Waals surface area (Å²) >= 11 is 0. The van der Waals surface area contributed by atoms with Crippen molar-refractivity contribution in [1.29, 1.82) is 0 Å². The van der Waals surface area contributed by atoms with Crippen LogP contribution in [-0.4, -0.2) is 4.98 Å². The highest BCUT2D eigenvalue weighted by atomic mass is 16.3. The van der Waals surface area contributed by atoms with Crippen molar-refractivity contribution in [2.75, 3.05) is 4.90 Å². The SMILES string of the molecule is c1ccc(-c2nc3ccc4cc(-c5ccccc5)c5ccc(-c6ccc(N(c7ccccc7)c7ccccc7)cc6)cc5c4c3o2)cc1. The summed E-state index contributed by atoms with van der Waals surface area (Å²) in [4.78, 5) is 7.19. The number of rotatable bonds is 6. The van der Waals surface area contributed by atoms with E-state index in [1.807, 2.05) is 30.3 Å². The maximum atomic E-state index is 6.58. The van der Waals surface area contributed by atoms with Crippen LogP contribution in [0.15, 0.2) is 186 Å². The zero-order valence-electron chi connectivity index (χ0n) is 26.1. The van der Waals surface area contributed by atoms with Crippen LogP contribution in [0.4, 0.5) is 17.1 Å². The Kier molecular flexibility index (Phi) is 6.80. The lowest BCUT2D eigenvalue weighted by atomic mass is 9.91. The predicted molar refractivity (Wildman–Crippen MR) is 200 cm³/mol. The Labute approximate surface area is 279 Å². The minimum Gasteiger partial charge on any atom is -0.435 e. The minimum atomic E-state index is 0.631. The first-order valence-corrected chi connectivity index (χ1v) is 16.2. The minimum absolute atomic E-state index is 0.631. The van der Waals surface area contributed by atoms with Crippen LogP contribution in [0.25, 0.3) is 66.4 Å². The van der Waals surface area contributed by atoms with Crippen LogP contribution in [-0.2, 0) is 0 Å². The second-order valence-electron chi connectivity index (χ2n) is 12.0. The number of anilines is 3. The van der Waals surface area contributed by atoms with E-state index in [9.17, 15) is 0 Å². The standard InChI is InChI=1S/C45H30N2O/c1-5-13-32(14-6-1)40-30-35-24-28-42-44(48-45(46-42)33-15-7-2-8-16-33)43(35)41-29-34(23-27-39(40)41)31-21-25-38(26-22-31)47(36-17-9-3-10-18-36)37-19-11-4-12-20-37/h1-30H. The molecule has 0 saturated carbocycles. The largest absolute Gasteiger partial charge is 0.435 e. The van der Waals surface area contributed by atoms with Crippen LogP contribution in [0, 0.1) is 0 Å². The van der Waals surface area contributed by atoms with Crippen LogP contribution in [0.2, 0.25) is 0 Å². The van der Waals surface area contributed by atoms with Crippen molar-refractivity contribution >= 4 is 49.7 Å².